The zero-order valence-electron chi connectivity index (χ0n) is 62.2. The average molecular weight is 1640 g/mol. The summed E-state index contributed by atoms with van der Waals surface area (Å²) in [6, 6.07) is 44.8. The van der Waals surface area contributed by atoms with Crippen LogP contribution in [-0.4, -0.2) is 59.8 Å². The molecule has 0 saturated heterocycles. The molecule has 14 rings (SSSR count). The van der Waals surface area contributed by atoms with Crippen molar-refractivity contribution < 1.29 is 36.5 Å². The minimum atomic E-state index is -1.88. The van der Waals surface area contributed by atoms with Crippen molar-refractivity contribution >= 4 is 78.4 Å². The van der Waals surface area contributed by atoms with E-state index in [0.29, 0.717) is 12.1 Å². The van der Waals surface area contributed by atoms with E-state index in [2.05, 4.69) is 167 Å². The molecular weight excluding hydrogens is 1520 g/mol. The van der Waals surface area contributed by atoms with Crippen molar-refractivity contribution in [2.45, 2.75) is 258 Å². The van der Waals surface area contributed by atoms with E-state index in [1.54, 1.807) is 102 Å². The quantitative estimate of drug-likeness (QED) is 0.0614. The molecule has 6 aliphatic carbocycles. The van der Waals surface area contributed by atoms with Gasteiger partial charge in [-0.2, -0.15) is 13.3 Å². The maximum absolute atomic E-state index is 6.19. The number of benzene rings is 6. The van der Waals surface area contributed by atoms with Gasteiger partial charge in [0.25, 0.3) is 0 Å². The number of aryl methyl sites for hydroxylation is 6. The van der Waals surface area contributed by atoms with Crippen LogP contribution in [0.5, 0.6) is 11.5 Å². The number of anilines is 2. The first kappa shape index (κ1) is 80.7. The van der Waals surface area contributed by atoms with Gasteiger partial charge in [0.05, 0.1) is 23.1 Å². The minimum absolute atomic E-state index is 0.0465. The van der Waals surface area contributed by atoms with Crippen molar-refractivity contribution in [1.29, 1.82) is 0 Å². The predicted molar refractivity (Wildman–Crippen MR) is 437 cm³/mol. The standard InChI is InChI=1S/C18H33P.2C17H23N2.C15H10.C11H14O.C10H12O.4ClH.2Ru/c1-4-10-16(11-5-1)19(17-12-6-2-7-13-17)18-14-8-3-9-15-18;2*1-13-10-14(2)17(15(3)11-13)19-9-8-18(12-19)16-6-4-5-7-16;1-2-6-12(7-3-1)15-11-10-13-8-4-5-9-14(13)15;1-4-10-7-5-6-8-11(10)12-9(2)3;1-8(2)11-10-7-5-4-6-9(10)3;;;;;;/h16-18H,1-15H2;2*8-12,16H,4-7H2,1-3H3;1-9,11H;4-9H,1H2,2-3H3;3-8H,1-2H3;4*1H;;/q;2*-1;;;;;;;;2*+2/p-3. The number of fused-ring (bicyclic) bond motifs is 1. The van der Waals surface area contributed by atoms with Crippen LogP contribution in [0.4, 0.5) is 11.4 Å². The van der Waals surface area contributed by atoms with Crippen molar-refractivity contribution in [1.82, 2.24) is 9.80 Å². The van der Waals surface area contributed by atoms with Crippen molar-refractivity contribution in [3.8, 4) is 11.5 Å². The Kier molecular flexibility index (Phi) is 33.2. The summed E-state index contributed by atoms with van der Waals surface area (Å²) in [5.41, 5.74) is 21.4. The van der Waals surface area contributed by atoms with E-state index in [-0.39, 0.29) is 20.1 Å². The van der Waals surface area contributed by atoms with Crippen LogP contribution in [0.2, 0.25) is 0 Å². The van der Waals surface area contributed by atoms with Gasteiger partial charge in [0.1, 0.15) is 5.75 Å². The Bertz CT molecular complexity index is 3560. The molecule has 5 saturated carbocycles. The number of hydrogen-bond donors (Lipinski definition) is 0. The first-order chi connectivity index (χ1) is 48.8. The number of ether oxygens (including phenoxy) is 2. The van der Waals surface area contributed by atoms with Crippen molar-refractivity contribution in [3.05, 3.63) is 239 Å². The van der Waals surface area contributed by atoms with Crippen molar-refractivity contribution in [3.63, 3.8) is 0 Å². The van der Waals surface area contributed by atoms with Crippen LogP contribution < -0.4 is 19.3 Å². The van der Waals surface area contributed by atoms with Crippen LogP contribution in [0.3, 0.4) is 0 Å². The van der Waals surface area contributed by atoms with Crippen LogP contribution in [0, 0.1) is 54.9 Å². The molecule has 101 heavy (non-hydrogen) atoms. The predicted octanol–water partition coefficient (Wildman–Crippen LogP) is 26.0. The molecule has 8 aliphatic rings. The first-order valence-corrected chi connectivity index (χ1v) is 50.3. The molecule has 0 radical (unpaired) electrons. The van der Waals surface area contributed by atoms with E-state index in [0.717, 1.165) is 26.7 Å². The summed E-state index contributed by atoms with van der Waals surface area (Å²) in [4.78, 5) is 9.35. The monoisotopic (exact) mass is 1640 g/mol. The van der Waals surface area contributed by atoms with Crippen LogP contribution in [-0.2, 0) is 27.0 Å². The normalized spacial score (nSPS) is 18.1. The molecule has 6 aromatic carbocycles. The van der Waals surface area contributed by atoms with Gasteiger partial charge in [0.15, 0.2) is 0 Å². The molecular formula is C88H116Cl4N4O2PRu2-. The second kappa shape index (κ2) is 41.5. The van der Waals surface area contributed by atoms with Gasteiger partial charge in [-0.15, -0.1) is 0 Å². The van der Waals surface area contributed by atoms with Crippen LogP contribution in [0.15, 0.2) is 165 Å². The van der Waals surface area contributed by atoms with Crippen LogP contribution in [0.25, 0.3) is 11.6 Å². The molecule has 2 aliphatic heterocycles. The summed E-state index contributed by atoms with van der Waals surface area (Å²) < 4.78 is 14.2. The van der Waals surface area contributed by atoms with E-state index >= 15 is 0 Å². The van der Waals surface area contributed by atoms with Gasteiger partial charge in [0.2, 0.25) is 0 Å². The molecule has 0 atom stereocenters. The van der Waals surface area contributed by atoms with Crippen LogP contribution >= 0.6 is 46.7 Å². The van der Waals surface area contributed by atoms with Gasteiger partial charge in [-0.1, -0.05) is 111 Å². The molecule has 0 unspecified atom stereocenters. The Morgan fingerprint density at radius 3 is 1.22 bits per heavy atom. The molecule has 0 amide bonds. The number of nitrogens with zero attached hydrogens (tertiary/aromatic N) is 4. The van der Waals surface area contributed by atoms with E-state index in [9.17, 15) is 0 Å². The molecule has 6 nitrogen and oxygen atoms in total. The molecule has 0 bridgehead atoms. The number of hydrogen-bond acceptors (Lipinski definition) is 6. The fourth-order valence-corrected chi connectivity index (χ4v) is 26.0. The average Bonchev–Trinajstić information content (AvgIpc) is 1.65. The van der Waals surface area contributed by atoms with Gasteiger partial charge in [-0.3, -0.25) is 0 Å². The topological polar surface area (TPSA) is 31.4 Å². The molecule has 5 fully saturated rings. The van der Waals surface area contributed by atoms with Gasteiger partial charge >= 0.3 is 218 Å². The van der Waals surface area contributed by atoms with Gasteiger partial charge in [0, 0.05) is 36.9 Å². The fourth-order valence-electron chi connectivity index (χ4n) is 16.5. The number of rotatable bonds is 14. The Morgan fingerprint density at radius 2 is 0.822 bits per heavy atom. The van der Waals surface area contributed by atoms with Gasteiger partial charge < -0.3 is 24.3 Å². The van der Waals surface area contributed by atoms with Crippen molar-refractivity contribution in [2.24, 2.45) is 0 Å². The fraction of sp³-hybridized carbons (Fsp3) is 0.455. The van der Waals surface area contributed by atoms with E-state index in [1.807, 2.05) is 105 Å². The van der Waals surface area contributed by atoms with Gasteiger partial charge in [-0.05, 0) is 211 Å². The molecule has 0 N–H and O–H groups in total. The summed E-state index contributed by atoms with van der Waals surface area (Å²) in [6.45, 7) is 29.4. The third-order valence-electron chi connectivity index (χ3n) is 20.8. The molecule has 550 valence electrons. The number of para-hydroxylation sites is 2. The Balaban J connectivity index is 0.000000142. The third kappa shape index (κ3) is 24.1. The number of allylic oxidation sites excluding steroid dienone is 1. The third-order valence-corrected chi connectivity index (χ3v) is 30.3. The summed E-state index contributed by atoms with van der Waals surface area (Å²) in [5, 5.41) is 0. The van der Waals surface area contributed by atoms with Crippen molar-refractivity contribution in [2.75, 3.05) is 9.80 Å². The summed E-state index contributed by atoms with van der Waals surface area (Å²) in [5.74, 6) is 1.75. The SMILES string of the molecule is C1CCC([PH+](C2CCCCC2)C2CCCCC2)CC1.C=Cc1ccccc1OC(C)C.CC(C)Oc1ccccc1[CH]=[Ru]([Cl])[Cl].Cc1cc(C)c(N2C=CN(C3CCCC3)[CH-]2)c(C)c1.Cc1cc(C)c(N2C=CN(C3CCCC3)[CH-]2)c(C)c1.[Cl][Ru]([Cl])=[C]1C=C(c2ccccc2)c2ccccc21. The number of halogens is 4. The molecule has 0 aromatic heterocycles. The summed E-state index contributed by atoms with van der Waals surface area (Å²) in [6.07, 6.45) is 47.8. The maximum atomic E-state index is 6.19. The zero-order valence-corrected chi connectivity index (χ0v) is 69.7. The molecule has 0 spiro atoms. The molecule has 2 heterocycles. The second-order valence-electron chi connectivity index (χ2n) is 29.3. The van der Waals surface area contributed by atoms with Crippen LogP contribution in [0.1, 0.15) is 237 Å². The Labute approximate surface area is 638 Å². The second-order valence-corrected chi connectivity index (χ2v) is 44.3. The molecule has 13 heteroatoms. The Morgan fingerprint density at radius 1 is 0.455 bits per heavy atom. The van der Waals surface area contributed by atoms with E-state index < -0.39 is 27.0 Å². The molecule has 6 aromatic rings. The zero-order chi connectivity index (χ0) is 71.8. The van der Waals surface area contributed by atoms with Gasteiger partial charge in [-0.25, -0.2) is 0 Å². The van der Waals surface area contributed by atoms with E-state index in [1.165, 1.54) is 135 Å². The summed E-state index contributed by atoms with van der Waals surface area (Å²) >= 11 is -3.65. The van der Waals surface area contributed by atoms with E-state index in [4.69, 9.17) is 48.2 Å². The first-order valence-electron chi connectivity index (χ1n) is 37.8. The Hall–Kier alpha value is -4.34. The summed E-state index contributed by atoms with van der Waals surface area (Å²) in [7, 11) is 24.0.